The summed E-state index contributed by atoms with van der Waals surface area (Å²) in [4.78, 5) is 19.5. The van der Waals surface area contributed by atoms with Crippen molar-refractivity contribution in [3.8, 4) is 0 Å². The van der Waals surface area contributed by atoms with Crippen molar-refractivity contribution in [3.63, 3.8) is 0 Å². The van der Waals surface area contributed by atoms with Crippen LogP contribution in [0.25, 0.3) is 0 Å². The number of ether oxygens (including phenoxy) is 2. The van der Waals surface area contributed by atoms with Crippen LogP contribution < -0.4 is 0 Å². The van der Waals surface area contributed by atoms with E-state index in [1.165, 1.54) is 0 Å². The zero-order chi connectivity index (χ0) is 23.8. The molecular weight excluding hydrogens is 424 g/mol. The average molecular weight is 455 g/mol. The highest BCUT2D eigenvalue weighted by atomic mass is 16.6. The summed E-state index contributed by atoms with van der Waals surface area (Å²) in [7, 11) is 0. The lowest BCUT2D eigenvalue weighted by Crippen LogP contribution is -2.46. The molecule has 0 spiro atoms. The standard InChI is InChI=1S/C29H30N2O3/c1-28(2,3)34-27(32)31-20-29(18-25(31)19-33-29)23-14-16-24(17-15-23)30-26(21-10-6-4-7-11-21)22-12-8-5-9-13-22/h4-17,25H,18-20H2,1-3H3/t25-,29-/m0/s1. The second-order valence-electron chi connectivity index (χ2n) is 10.0. The van der Waals surface area contributed by atoms with Crippen LogP contribution in [0.1, 0.15) is 43.9 Å². The molecule has 2 bridgehead atoms. The molecule has 0 N–H and O–H groups in total. The molecule has 0 aliphatic carbocycles. The maximum absolute atomic E-state index is 12.7. The van der Waals surface area contributed by atoms with Gasteiger partial charge in [-0.15, -0.1) is 0 Å². The number of benzene rings is 3. The molecule has 2 heterocycles. The first kappa shape index (κ1) is 22.4. The van der Waals surface area contributed by atoms with Gasteiger partial charge in [0.25, 0.3) is 0 Å². The average Bonchev–Trinajstić information content (AvgIpc) is 3.43. The summed E-state index contributed by atoms with van der Waals surface area (Å²) in [5, 5.41) is 0. The van der Waals surface area contributed by atoms with E-state index in [1.54, 1.807) is 0 Å². The van der Waals surface area contributed by atoms with Crippen molar-refractivity contribution in [1.29, 1.82) is 0 Å². The van der Waals surface area contributed by atoms with E-state index in [0.29, 0.717) is 13.2 Å². The van der Waals surface area contributed by atoms with Gasteiger partial charge in [0.2, 0.25) is 0 Å². The van der Waals surface area contributed by atoms with Crippen molar-refractivity contribution >= 4 is 17.5 Å². The van der Waals surface area contributed by atoms with Crippen LogP contribution in [0.15, 0.2) is 89.9 Å². The van der Waals surface area contributed by atoms with Gasteiger partial charge in [0.05, 0.1) is 30.6 Å². The van der Waals surface area contributed by atoms with Gasteiger partial charge < -0.3 is 9.47 Å². The first-order valence-electron chi connectivity index (χ1n) is 11.8. The number of morpholine rings is 1. The van der Waals surface area contributed by atoms with Gasteiger partial charge in [-0.25, -0.2) is 9.79 Å². The fourth-order valence-electron chi connectivity index (χ4n) is 4.75. The van der Waals surface area contributed by atoms with Gasteiger partial charge in [-0.1, -0.05) is 72.8 Å². The second kappa shape index (κ2) is 8.73. The predicted octanol–water partition coefficient (Wildman–Crippen LogP) is 6.09. The largest absolute Gasteiger partial charge is 0.444 e. The van der Waals surface area contributed by atoms with Crippen LogP contribution in [0.4, 0.5) is 10.5 Å². The topological polar surface area (TPSA) is 51.1 Å². The fraction of sp³-hybridized carbons (Fsp3) is 0.310. The molecule has 2 saturated heterocycles. The number of amides is 1. The van der Waals surface area contributed by atoms with Crippen molar-refractivity contribution < 1.29 is 14.3 Å². The maximum atomic E-state index is 12.7. The van der Waals surface area contributed by atoms with Crippen molar-refractivity contribution in [1.82, 2.24) is 4.90 Å². The van der Waals surface area contributed by atoms with Crippen LogP contribution in [0, 0.1) is 0 Å². The van der Waals surface area contributed by atoms with Gasteiger partial charge >= 0.3 is 6.09 Å². The minimum absolute atomic E-state index is 0.0512. The number of hydrogen-bond acceptors (Lipinski definition) is 4. The molecule has 0 saturated carbocycles. The van der Waals surface area contributed by atoms with Gasteiger partial charge in [0.15, 0.2) is 0 Å². The van der Waals surface area contributed by atoms with Crippen LogP contribution in [0.5, 0.6) is 0 Å². The maximum Gasteiger partial charge on any atom is 0.410 e. The third-order valence-electron chi connectivity index (χ3n) is 6.34. The quantitative estimate of drug-likeness (QED) is 0.448. The van der Waals surface area contributed by atoms with Gasteiger partial charge in [0, 0.05) is 17.5 Å². The molecule has 5 nitrogen and oxygen atoms in total. The van der Waals surface area contributed by atoms with Crippen LogP contribution in [0.2, 0.25) is 0 Å². The molecule has 34 heavy (non-hydrogen) atoms. The molecule has 5 heteroatoms. The number of nitrogens with zero attached hydrogens (tertiary/aromatic N) is 2. The summed E-state index contributed by atoms with van der Waals surface area (Å²) in [6.45, 7) is 6.72. The minimum Gasteiger partial charge on any atom is -0.444 e. The first-order chi connectivity index (χ1) is 16.3. The Bertz CT molecular complexity index is 1140. The molecule has 2 atom stereocenters. The summed E-state index contributed by atoms with van der Waals surface area (Å²) in [6.07, 6.45) is 0.521. The normalized spacial score (nSPS) is 21.4. The van der Waals surface area contributed by atoms with E-state index in [9.17, 15) is 4.79 Å². The fourth-order valence-corrected chi connectivity index (χ4v) is 4.75. The Morgan fingerprint density at radius 1 is 0.941 bits per heavy atom. The summed E-state index contributed by atoms with van der Waals surface area (Å²) in [6, 6.07) is 28.7. The predicted molar refractivity (Wildman–Crippen MR) is 134 cm³/mol. The molecule has 0 aromatic heterocycles. The highest BCUT2D eigenvalue weighted by Crippen LogP contribution is 2.45. The van der Waals surface area contributed by atoms with E-state index in [1.807, 2.05) is 74.2 Å². The van der Waals surface area contributed by atoms with Crippen LogP contribution in [0.3, 0.4) is 0 Å². The summed E-state index contributed by atoms with van der Waals surface area (Å²) < 4.78 is 11.8. The third kappa shape index (κ3) is 4.48. The molecular formula is C29H30N2O3. The molecule has 0 unspecified atom stereocenters. The highest BCUT2D eigenvalue weighted by Gasteiger charge is 2.54. The molecule has 1 amide bonds. The lowest BCUT2D eigenvalue weighted by Gasteiger charge is -2.34. The number of hydrogen-bond donors (Lipinski definition) is 0. The number of rotatable bonds is 4. The van der Waals surface area contributed by atoms with Gasteiger partial charge in [-0.05, 0) is 38.5 Å². The Kier molecular flexibility index (Phi) is 5.74. The Labute approximate surface area is 201 Å². The van der Waals surface area contributed by atoms with E-state index >= 15 is 0 Å². The van der Waals surface area contributed by atoms with E-state index in [0.717, 1.165) is 34.5 Å². The molecule has 3 aromatic carbocycles. The smallest absolute Gasteiger partial charge is 0.410 e. The van der Waals surface area contributed by atoms with Crippen molar-refractivity contribution in [3.05, 3.63) is 102 Å². The van der Waals surface area contributed by atoms with Crippen molar-refractivity contribution in [2.75, 3.05) is 13.2 Å². The Balaban J connectivity index is 1.40. The minimum atomic E-state index is -0.512. The molecule has 2 aliphatic rings. The van der Waals surface area contributed by atoms with Gasteiger partial charge in [-0.3, -0.25) is 4.90 Å². The van der Waals surface area contributed by atoms with Gasteiger partial charge in [-0.2, -0.15) is 0 Å². The molecule has 5 rings (SSSR count). The lowest BCUT2D eigenvalue weighted by atomic mass is 9.92. The molecule has 2 aliphatic heterocycles. The van der Waals surface area contributed by atoms with E-state index in [-0.39, 0.29) is 12.1 Å². The number of fused-ring (bicyclic) bond motifs is 2. The van der Waals surface area contributed by atoms with E-state index in [4.69, 9.17) is 14.5 Å². The second-order valence-corrected chi connectivity index (χ2v) is 10.0. The Morgan fingerprint density at radius 3 is 2.09 bits per heavy atom. The van der Waals surface area contributed by atoms with Crippen LogP contribution in [-0.2, 0) is 15.1 Å². The van der Waals surface area contributed by atoms with Crippen LogP contribution >= 0.6 is 0 Å². The summed E-state index contributed by atoms with van der Waals surface area (Å²) >= 11 is 0. The Hall–Kier alpha value is -3.44. The lowest BCUT2D eigenvalue weighted by molar-refractivity contribution is -0.0558. The molecule has 174 valence electrons. The zero-order valence-corrected chi connectivity index (χ0v) is 19.9. The number of carbonyl (C=O) groups excluding carboxylic acids is 1. The molecule has 3 aromatic rings. The summed E-state index contributed by atoms with van der Waals surface area (Å²) in [5.41, 5.74) is 4.03. The number of aliphatic imine (C=N–C) groups is 1. The van der Waals surface area contributed by atoms with Crippen LogP contribution in [-0.4, -0.2) is 41.5 Å². The summed E-state index contributed by atoms with van der Waals surface area (Å²) in [5.74, 6) is 0. The zero-order valence-electron chi connectivity index (χ0n) is 19.9. The molecule has 0 radical (unpaired) electrons. The third-order valence-corrected chi connectivity index (χ3v) is 6.34. The first-order valence-corrected chi connectivity index (χ1v) is 11.8. The SMILES string of the molecule is CC(C)(C)OC(=O)N1C[C@]2(c3ccc(N=C(c4ccccc4)c4ccccc4)cc3)C[C@H]1CO2. The highest BCUT2D eigenvalue weighted by molar-refractivity contribution is 6.13. The number of carbonyl (C=O) groups is 1. The monoisotopic (exact) mass is 454 g/mol. The Morgan fingerprint density at radius 2 is 1.53 bits per heavy atom. The molecule has 2 fully saturated rings. The van der Waals surface area contributed by atoms with E-state index < -0.39 is 11.2 Å². The van der Waals surface area contributed by atoms with Crippen molar-refractivity contribution in [2.24, 2.45) is 4.99 Å². The van der Waals surface area contributed by atoms with Crippen molar-refractivity contribution in [2.45, 2.75) is 44.4 Å². The van der Waals surface area contributed by atoms with E-state index in [2.05, 4.69) is 36.4 Å². The van der Waals surface area contributed by atoms with Gasteiger partial charge in [0.1, 0.15) is 11.2 Å². The number of likely N-dealkylation sites (tertiary alicyclic amines) is 1.